The number of H-pyrrole nitrogens is 1. The maximum absolute atomic E-state index is 12.1. The van der Waals surface area contributed by atoms with Gasteiger partial charge in [-0.1, -0.05) is 17.7 Å². The number of rotatable bonds is 2. The smallest absolute Gasteiger partial charge is 0.189 e. The molecule has 3 nitrogen and oxygen atoms in total. The summed E-state index contributed by atoms with van der Waals surface area (Å²) in [6.07, 6.45) is 5.49. The lowest BCUT2D eigenvalue weighted by Crippen LogP contribution is -2.03. The van der Waals surface area contributed by atoms with Gasteiger partial charge in [0.15, 0.2) is 5.43 Å². The highest BCUT2D eigenvalue weighted by Gasteiger charge is 2.00. The molecule has 3 heteroatoms. The van der Waals surface area contributed by atoms with Gasteiger partial charge in [0.25, 0.3) is 0 Å². The number of hydrogen-bond donors (Lipinski definition) is 1. The molecule has 0 aliphatic rings. The maximum Gasteiger partial charge on any atom is 0.189 e. The third-order valence-electron chi connectivity index (χ3n) is 3.13. The first kappa shape index (κ1) is 12.4. The number of pyridine rings is 2. The number of fused-ring (bicyclic) bond motifs is 1. The lowest BCUT2D eigenvalue weighted by Gasteiger charge is -2.01. The highest BCUT2D eigenvalue weighted by molar-refractivity contribution is 5.81. The zero-order valence-electron chi connectivity index (χ0n) is 11.1. The van der Waals surface area contributed by atoms with Crippen molar-refractivity contribution in [3.63, 3.8) is 0 Å². The average molecular weight is 262 g/mol. The molecular weight excluding hydrogens is 248 g/mol. The molecule has 2 aromatic heterocycles. The second-order valence-corrected chi connectivity index (χ2v) is 4.73. The number of nitrogens with zero attached hydrogens (tertiary/aromatic N) is 1. The molecule has 0 aliphatic heterocycles. The Hall–Kier alpha value is -2.68. The minimum Gasteiger partial charge on any atom is -0.355 e. The third kappa shape index (κ3) is 2.52. The van der Waals surface area contributed by atoms with E-state index < -0.39 is 0 Å². The Balaban J connectivity index is 2.03. The van der Waals surface area contributed by atoms with Crippen LogP contribution in [0.3, 0.4) is 0 Å². The highest BCUT2D eigenvalue weighted by atomic mass is 16.1. The van der Waals surface area contributed by atoms with Gasteiger partial charge < -0.3 is 4.98 Å². The van der Waals surface area contributed by atoms with Crippen molar-refractivity contribution in [2.24, 2.45) is 0 Å². The van der Waals surface area contributed by atoms with Crippen LogP contribution in [-0.4, -0.2) is 9.97 Å². The summed E-state index contributed by atoms with van der Waals surface area (Å²) in [5.41, 5.74) is 3.60. The first-order chi connectivity index (χ1) is 9.72. The lowest BCUT2D eigenvalue weighted by molar-refractivity contribution is 1.29. The van der Waals surface area contributed by atoms with Gasteiger partial charge >= 0.3 is 0 Å². The predicted molar refractivity (Wildman–Crippen MR) is 82.5 cm³/mol. The Kier molecular flexibility index (Phi) is 3.17. The Morgan fingerprint density at radius 2 is 2.00 bits per heavy atom. The minimum atomic E-state index is 0.0307. The van der Waals surface area contributed by atoms with Gasteiger partial charge in [-0.2, -0.15) is 0 Å². The molecule has 0 saturated carbocycles. The quantitative estimate of drug-likeness (QED) is 0.769. The van der Waals surface area contributed by atoms with Crippen molar-refractivity contribution < 1.29 is 0 Å². The van der Waals surface area contributed by atoms with E-state index in [4.69, 9.17) is 0 Å². The first-order valence-corrected chi connectivity index (χ1v) is 6.45. The van der Waals surface area contributed by atoms with Gasteiger partial charge in [0.05, 0.1) is 5.69 Å². The van der Waals surface area contributed by atoms with Crippen molar-refractivity contribution in [3.8, 4) is 0 Å². The molecule has 20 heavy (non-hydrogen) atoms. The molecule has 0 bridgehead atoms. The second-order valence-electron chi connectivity index (χ2n) is 4.73. The number of aromatic nitrogens is 2. The van der Waals surface area contributed by atoms with E-state index in [-0.39, 0.29) is 5.43 Å². The van der Waals surface area contributed by atoms with E-state index >= 15 is 0 Å². The zero-order chi connectivity index (χ0) is 13.9. The van der Waals surface area contributed by atoms with Crippen molar-refractivity contribution in [1.82, 2.24) is 9.97 Å². The van der Waals surface area contributed by atoms with Gasteiger partial charge in [-0.05, 0) is 43.3 Å². The van der Waals surface area contributed by atoms with Gasteiger partial charge in [0.1, 0.15) is 0 Å². The highest BCUT2D eigenvalue weighted by Crippen LogP contribution is 2.12. The van der Waals surface area contributed by atoms with Gasteiger partial charge in [-0.15, -0.1) is 0 Å². The Morgan fingerprint density at radius 3 is 2.80 bits per heavy atom. The van der Waals surface area contributed by atoms with E-state index in [9.17, 15) is 4.79 Å². The van der Waals surface area contributed by atoms with Gasteiger partial charge in [-0.3, -0.25) is 9.78 Å². The maximum atomic E-state index is 12.1. The van der Waals surface area contributed by atoms with Crippen LogP contribution in [0.4, 0.5) is 0 Å². The van der Waals surface area contributed by atoms with E-state index in [1.54, 1.807) is 12.3 Å². The van der Waals surface area contributed by atoms with Crippen molar-refractivity contribution in [2.45, 2.75) is 6.92 Å². The number of benzene rings is 1. The molecule has 3 aromatic rings. The molecule has 0 aliphatic carbocycles. The van der Waals surface area contributed by atoms with Crippen molar-refractivity contribution >= 4 is 23.1 Å². The average Bonchev–Trinajstić information content (AvgIpc) is 2.47. The van der Waals surface area contributed by atoms with Crippen LogP contribution in [0.25, 0.3) is 23.1 Å². The number of aromatic amines is 1. The zero-order valence-corrected chi connectivity index (χ0v) is 11.1. The molecule has 1 aromatic carbocycles. The molecule has 0 atom stereocenters. The van der Waals surface area contributed by atoms with Crippen LogP contribution < -0.4 is 5.43 Å². The summed E-state index contributed by atoms with van der Waals surface area (Å²) in [5.74, 6) is 0. The van der Waals surface area contributed by atoms with E-state index in [0.29, 0.717) is 0 Å². The second kappa shape index (κ2) is 5.13. The molecule has 0 saturated heterocycles. The summed E-state index contributed by atoms with van der Waals surface area (Å²) in [4.78, 5) is 19.6. The number of aryl methyl sites for hydroxylation is 1. The molecule has 0 fully saturated rings. The SMILES string of the molecule is Cc1ccc2[nH]c(/C=C/c3ccccn3)cc(=O)c2c1. The summed E-state index contributed by atoms with van der Waals surface area (Å²) in [7, 11) is 0. The van der Waals surface area contributed by atoms with Crippen LogP contribution in [0.2, 0.25) is 0 Å². The summed E-state index contributed by atoms with van der Waals surface area (Å²) in [6.45, 7) is 1.98. The van der Waals surface area contributed by atoms with Gasteiger partial charge in [-0.25, -0.2) is 0 Å². The fraction of sp³-hybridized carbons (Fsp3) is 0.0588. The fourth-order valence-electron chi connectivity index (χ4n) is 2.12. The summed E-state index contributed by atoms with van der Waals surface area (Å²) >= 11 is 0. The van der Waals surface area contributed by atoms with Crippen LogP contribution in [0.1, 0.15) is 17.0 Å². The Morgan fingerprint density at radius 1 is 1.10 bits per heavy atom. The van der Waals surface area contributed by atoms with Crippen LogP contribution in [0.15, 0.2) is 53.5 Å². The fourth-order valence-corrected chi connectivity index (χ4v) is 2.12. The normalized spacial score (nSPS) is 11.2. The number of nitrogens with one attached hydrogen (secondary N) is 1. The van der Waals surface area contributed by atoms with Crippen molar-refractivity contribution in [1.29, 1.82) is 0 Å². The molecule has 0 radical (unpaired) electrons. The standard InChI is InChI=1S/C17H14N2O/c1-12-5-8-16-15(10-12)17(20)11-14(19-16)7-6-13-4-2-3-9-18-13/h2-11H,1H3,(H,19,20)/b7-6+. The summed E-state index contributed by atoms with van der Waals surface area (Å²) < 4.78 is 0. The van der Waals surface area contributed by atoms with Crippen LogP contribution in [0.5, 0.6) is 0 Å². The summed E-state index contributed by atoms with van der Waals surface area (Å²) in [5, 5.41) is 0.722. The molecule has 0 amide bonds. The minimum absolute atomic E-state index is 0.0307. The van der Waals surface area contributed by atoms with Gasteiger partial charge in [0.2, 0.25) is 0 Å². The summed E-state index contributed by atoms with van der Waals surface area (Å²) in [6, 6.07) is 13.2. The van der Waals surface area contributed by atoms with E-state index in [1.165, 1.54) is 0 Å². The molecular formula is C17H14N2O. The van der Waals surface area contributed by atoms with Crippen LogP contribution >= 0.6 is 0 Å². The number of hydrogen-bond acceptors (Lipinski definition) is 2. The molecule has 1 N–H and O–H groups in total. The van der Waals surface area contributed by atoms with E-state index in [1.807, 2.05) is 55.5 Å². The third-order valence-corrected chi connectivity index (χ3v) is 3.13. The first-order valence-electron chi connectivity index (χ1n) is 6.45. The lowest BCUT2D eigenvalue weighted by atomic mass is 10.1. The molecule has 2 heterocycles. The Bertz CT molecular complexity index is 832. The monoisotopic (exact) mass is 262 g/mol. The van der Waals surface area contributed by atoms with Crippen LogP contribution in [-0.2, 0) is 0 Å². The predicted octanol–water partition coefficient (Wildman–Crippen LogP) is 3.40. The van der Waals surface area contributed by atoms with Gasteiger partial charge in [0, 0.05) is 28.9 Å². The van der Waals surface area contributed by atoms with E-state index in [0.717, 1.165) is 27.9 Å². The van der Waals surface area contributed by atoms with Crippen LogP contribution in [0, 0.1) is 6.92 Å². The van der Waals surface area contributed by atoms with Crippen molar-refractivity contribution in [2.75, 3.05) is 0 Å². The molecule has 0 spiro atoms. The van der Waals surface area contributed by atoms with E-state index in [2.05, 4.69) is 9.97 Å². The molecule has 98 valence electrons. The topological polar surface area (TPSA) is 45.8 Å². The van der Waals surface area contributed by atoms with Crippen molar-refractivity contribution in [3.05, 3.63) is 75.8 Å². The molecule has 3 rings (SSSR count). The Labute approximate surface area is 116 Å². The largest absolute Gasteiger partial charge is 0.355 e. The molecule has 0 unspecified atom stereocenters.